The third-order valence-corrected chi connectivity index (χ3v) is 2.89. The van der Waals surface area contributed by atoms with Crippen LogP contribution in [-0.4, -0.2) is 6.04 Å². The summed E-state index contributed by atoms with van der Waals surface area (Å²) < 4.78 is 0. The smallest absolute Gasteiger partial charge is 0.0426 e. The number of anilines is 1. The summed E-state index contributed by atoms with van der Waals surface area (Å²) in [4.78, 5) is 0. The number of benzene rings is 1. The molecule has 1 aliphatic rings. The lowest BCUT2D eigenvalue weighted by Gasteiger charge is -2.14. The van der Waals surface area contributed by atoms with Crippen LogP contribution in [0.3, 0.4) is 0 Å². The van der Waals surface area contributed by atoms with Crippen LogP contribution in [-0.2, 0) is 6.42 Å². The Bertz CT molecular complexity index is 320. The molecule has 0 saturated carbocycles. The van der Waals surface area contributed by atoms with Crippen molar-refractivity contribution in [3.05, 3.63) is 28.8 Å². The van der Waals surface area contributed by atoms with Crippen LogP contribution in [0.15, 0.2) is 18.2 Å². The van der Waals surface area contributed by atoms with Gasteiger partial charge in [-0.15, -0.1) is 0 Å². The summed E-state index contributed by atoms with van der Waals surface area (Å²) in [6.07, 6.45) is 1.13. The Morgan fingerprint density at radius 2 is 2.23 bits per heavy atom. The molecule has 2 heteroatoms. The Hall–Kier alpha value is -0.690. The molecule has 1 atom stereocenters. The van der Waals surface area contributed by atoms with Crippen molar-refractivity contribution in [1.29, 1.82) is 0 Å². The van der Waals surface area contributed by atoms with E-state index in [1.807, 2.05) is 12.1 Å². The number of halogens is 1. The van der Waals surface area contributed by atoms with Crippen molar-refractivity contribution in [1.82, 2.24) is 0 Å². The molecule has 1 heterocycles. The van der Waals surface area contributed by atoms with Gasteiger partial charge >= 0.3 is 0 Å². The molecule has 1 nitrogen and oxygen atoms in total. The second-order valence-electron chi connectivity index (χ2n) is 4.00. The fraction of sp³-hybridized carbons (Fsp3) is 0.455. The first kappa shape index (κ1) is 8.89. The standard InChI is InChI=1S/C11H14ClN/c1-7(2)10-5-8-3-4-9(12)6-11(8)13-10/h3-4,6-7,10,13H,5H2,1-2H3. The Morgan fingerprint density at radius 3 is 2.92 bits per heavy atom. The SMILES string of the molecule is CC(C)C1Cc2ccc(Cl)cc2N1. The van der Waals surface area contributed by atoms with Crippen molar-refractivity contribution in [3.63, 3.8) is 0 Å². The number of hydrogen-bond acceptors (Lipinski definition) is 1. The molecule has 0 radical (unpaired) electrons. The van der Waals surface area contributed by atoms with E-state index in [2.05, 4.69) is 25.2 Å². The second-order valence-corrected chi connectivity index (χ2v) is 4.44. The van der Waals surface area contributed by atoms with E-state index in [0.717, 1.165) is 11.4 Å². The summed E-state index contributed by atoms with van der Waals surface area (Å²) in [7, 11) is 0. The fourth-order valence-corrected chi connectivity index (χ4v) is 1.92. The molecule has 1 aromatic carbocycles. The predicted molar refractivity (Wildman–Crippen MR) is 57.4 cm³/mol. The molecular formula is C11H14ClN. The first-order valence-electron chi connectivity index (χ1n) is 4.72. The Labute approximate surface area is 84.1 Å². The van der Waals surface area contributed by atoms with E-state index >= 15 is 0 Å². The van der Waals surface area contributed by atoms with Gasteiger partial charge < -0.3 is 5.32 Å². The molecule has 1 aromatic rings. The van der Waals surface area contributed by atoms with Gasteiger partial charge in [-0.3, -0.25) is 0 Å². The number of fused-ring (bicyclic) bond motifs is 1. The van der Waals surface area contributed by atoms with E-state index in [-0.39, 0.29) is 0 Å². The molecule has 0 spiro atoms. The van der Waals surface area contributed by atoms with Gasteiger partial charge in [-0.25, -0.2) is 0 Å². The molecule has 0 bridgehead atoms. The van der Waals surface area contributed by atoms with E-state index in [1.54, 1.807) is 0 Å². The van der Waals surface area contributed by atoms with Gasteiger partial charge in [0.25, 0.3) is 0 Å². The van der Waals surface area contributed by atoms with E-state index in [9.17, 15) is 0 Å². The van der Waals surface area contributed by atoms with Crippen LogP contribution in [0, 0.1) is 5.92 Å². The van der Waals surface area contributed by atoms with Gasteiger partial charge in [0.15, 0.2) is 0 Å². The summed E-state index contributed by atoms with van der Waals surface area (Å²) >= 11 is 5.91. The third-order valence-electron chi connectivity index (χ3n) is 2.66. The maximum absolute atomic E-state index is 5.91. The molecule has 1 unspecified atom stereocenters. The van der Waals surface area contributed by atoms with Crippen LogP contribution in [0.25, 0.3) is 0 Å². The van der Waals surface area contributed by atoms with Gasteiger partial charge in [-0.05, 0) is 30.0 Å². The average molecular weight is 196 g/mol. The minimum Gasteiger partial charge on any atom is -0.381 e. The molecule has 0 saturated heterocycles. The van der Waals surface area contributed by atoms with Crippen molar-refractivity contribution in [3.8, 4) is 0 Å². The highest BCUT2D eigenvalue weighted by Crippen LogP contribution is 2.30. The molecule has 1 N–H and O–H groups in total. The zero-order chi connectivity index (χ0) is 9.42. The number of hydrogen-bond donors (Lipinski definition) is 1. The van der Waals surface area contributed by atoms with Crippen molar-refractivity contribution in [2.75, 3.05) is 5.32 Å². The van der Waals surface area contributed by atoms with Gasteiger partial charge in [0, 0.05) is 16.8 Å². The maximum Gasteiger partial charge on any atom is 0.0426 e. The molecule has 2 rings (SSSR count). The van der Waals surface area contributed by atoms with Gasteiger partial charge in [0.1, 0.15) is 0 Å². The maximum atomic E-state index is 5.91. The lowest BCUT2D eigenvalue weighted by molar-refractivity contribution is 0.538. The van der Waals surface area contributed by atoms with Crippen molar-refractivity contribution in [2.45, 2.75) is 26.3 Å². The van der Waals surface area contributed by atoms with Crippen LogP contribution < -0.4 is 5.32 Å². The minimum atomic E-state index is 0.577. The Balaban J connectivity index is 2.25. The van der Waals surface area contributed by atoms with E-state index in [4.69, 9.17) is 11.6 Å². The highest BCUT2D eigenvalue weighted by molar-refractivity contribution is 6.30. The van der Waals surface area contributed by atoms with Crippen molar-refractivity contribution >= 4 is 17.3 Å². The van der Waals surface area contributed by atoms with Crippen molar-refractivity contribution in [2.24, 2.45) is 5.92 Å². The zero-order valence-electron chi connectivity index (χ0n) is 7.97. The van der Waals surface area contributed by atoms with E-state index < -0.39 is 0 Å². The second kappa shape index (κ2) is 3.22. The molecule has 70 valence electrons. The van der Waals surface area contributed by atoms with Crippen LogP contribution >= 0.6 is 11.6 Å². The molecule has 13 heavy (non-hydrogen) atoms. The van der Waals surface area contributed by atoms with Crippen LogP contribution in [0.1, 0.15) is 19.4 Å². The Kier molecular flexibility index (Phi) is 2.20. The van der Waals surface area contributed by atoms with E-state index in [0.29, 0.717) is 12.0 Å². The molecule has 0 amide bonds. The van der Waals surface area contributed by atoms with Crippen LogP contribution in [0.2, 0.25) is 5.02 Å². The summed E-state index contributed by atoms with van der Waals surface area (Å²) in [5.41, 5.74) is 2.61. The summed E-state index contributed by atoms with van der Waals surface area (Å²) in [5, 5.41) is 4.31. The van der Waals surface area contributed by atoms with Crippen LogP contribution in [0.4, 0.5) is 5.69 Å². The highest BCUT2D eigenvalue weighted by atomic mass is 35.5. The summed E-state index contributed by atoms with van der Waals surface area (Å²) in [6, 6.07) is 6.67. The van der Waals surface area contributed by atoms with Gasteiger partial charge in [-0.2, -0.15) is 0 Å². The quantitative estimate of drug-likeness (QED) is 0.725. The van der Waals surface area contributed by atoms with Crippen LogP contribution in [0.5, 0.6) is 0 Å². The van der Waals surface area contributed by atoms with Crippen molar-refractivity contribution < 1.29 is 0 Å². The lowest BCUT2D eigenvalue weighted by atomic mass is 10.0. The summed E-state index contributed by atoms with van der Waals surface area (Å²) in [6.45, 7) is 4.48. The largest absolute Gasteiger partial charge is 0.381 e. The molecular weight excluding hydrogens is 182 g/mol. The summed E-state index contributed by atoms with van der Waals surface area (Å²) in [5.74, 6) is 0.672. The predicted octanol–water partition coefficient (Wildman–Crippen LogP) is 3.33. The molecule has 0 aliphatic carbocycles. The Morgan fingerprint density at radius 1 is 1.46 bits per heavy atom. The minimum absolute atomic E-state index is 0.577. The monoisotopic (exact) mass is 195 g/mol. The van der Waals surface area contributed by atoms with E-state index in [1.165, 1.54) is 11.3 Å². The number of rotatable bonds is 1. The molecule has 0 fully saturated rings. The fourth-order valence-electron chi connectivity index (χ4n) is 1.75. The zero-order valence-corrected chi connectivity index (χ0v) is 8.73. The third kappa shape index (κ3) is 1.66. The molecule has 0 aromatic heterocycles. The molecule has 1 aliphatic heterocycles. The van der Waals surface area contributed by atoms with Gasteiger partial charge in [-0.1, -0.05) is 31.5 Å². The normalized spacial score (nSPS) is 20.2. The average Bonchev–Trinajstić information content (AvgIpc) is 2.46. The topological polar surface area (TPSA) is 12.0 Å². The first-order chi connectivity index (χ1) is 6.16. The number of nitrogens with one attached hydrogen (secondary N) is 1. The highest BCUT2D eigenvalue weighted by Gasteiger charge is 2.22. The van der Waals surface area contributed by atoms with Gasteiger partial charge in [0.2, 0.25) is 0 Å². The van der Waals surface area contributed by atoms with Gasteiger partial charge in [0.05, 0.1) is 0 Å². The lowest BCUT2D eigenvalue weighted by Crippen LogP contribution is -2.21. The first-order valence-corrected chi connectivity index (χ1v) is 5.09.